The lowest BCUT2D eigenvalue weighted by molar-refractivity contribution is -0.126. The average Bonchev–Trinajstić information content (AvgIpc) is 2.94. The fourth-order valence-corrected chi connectivity index (χ4v) is 3.20. The fraction of sp³-hybridized carbons (Fsp3) is 0.588. The van der Waals surface area contributed by atoms with Gasteiger partial charge in [-0.3, -0.25) is 4.79 Å². The third-order valence-corrected chi connectivity index (χ3v) is 4.35. The minimum Gasteiger partial charge on any atom is -0.355 e. The zero-order valence-corrected chi connectivity index (χ0v) is 13.9. The van der Waals surface area contributed by atoms with Gasteiger partial charge in [0.15, 0.2) is 0 Å². The second-order valence-electron chi connectivity index (χ2n) is 5.87. The molecule has 0 radical (unpaired) electrons. The van der Waals surface area contributed by atoms with Crippen LogP contribution in [0.15, 0.2) is 24.3 Å². The summed E-state index contributed by atoms with van der Waals surface area (Å²) in [4.78, 5) is 12.7. The second-order valence-corrected chi connectivity index (χ2v) is 5.87. The predicted molar refractivity (Wildman–Crippen MR) is 90.1 cm³/mol. The molecule has 1 aliphatic carbocycles. The van der Waals surface area contributed by atoms with Gasteiger partial charge in [-0.1, -0.05) is 42.7 Å². The molecular formula is C17H27ClN2O. The Morgan fingerprint density at radius 1 is 1.24 bits per heavy atom. The summed E-state index contributed by atoms with van der Waals surface area (Å²) in [5.41, 5.74) is 2.14. The second kappa shape index (κ2) is 8.40. The van der Waals surface area contributed by atoms with Gasteiger partial charge in [0.1, 0.15) is 0 Å². The Morgan fingerprint density at radius 2 is 1.95 bits per heavy atom. The summed E-state index contributed by atoms with van der Waals surface area (Å²) in [5, 5.41) is 6.25. The molecule has 1 aromatic carbocycles. The number of halogens is 1. The van der Waals surface area contributed by atoms with Crippen molar-refractivity contribution in [2.24, 2.45) is 0 Å². The van der Waals surface area contributed by atoms with E-state index < -0.39 is 0 Å². The number of rotatable bonds is 6. The molecule has 0 spiro atoms. The van der Waals surface area contributed by atoms with Crippen LogP contribution >= 0.6 is 12.4 Å². The van der Waals surface area contributed by atoms with Crippen LogP contribution in [0.5, 0.6) is 0 Å². The SMILES string of the molecule is CNCCCNC(=O)C1(c2cccc(C)c2)CCCC1.Cl. The Kier molecular flexibility index (Phi) is 7.20. The average molecular weight is 311 g/mol. The zero-order valence-electron chi connectivity index (χ0n) is 13.1. The van der Waals surface area contributed by atoms with Gasteiger partial charge in [0.25, 0.3) is 0 Å². The number of carbonyl (C=O) groups excluding carboxylic acids is 1. The number of carbonyl (C=O) groups is 1. The highest BCUT2D eigenvalue weighted by atomic mass is 35.5. The van der Waals surface area contributed by atoms with E-state index in [-0.39, 0.29) is 23.7 Å². The van der Waals surface area contributed by atoms with Crippen molar-refractivity contribution in [3.8, 4) is 0 Å². The van der Waals surface area contributed by atoms with Gasteiger partial charge in [0.05, 0.1) is 5.41 Å². The lowest BCUT2D eigenvalue weighted by atomic mass is 9.77. The van der Waals surface area contributed by atoms with Crippen molar-refractivity contribution in [1.29, 1.82) is 0 Å². The van der Waals surface area contributed by atoms with Crippen LogP contribution in [-0.4, -0.2) is 26.0 Å². The van der Waals surface area contributed by atoms with E-state index in [1.54, 1.807) is 0 Å². The molecule has 1 aliphatic rings. The van der Waals surface area contributed by atoms with Crippen molar-refractivity contribution >= 4 is 18.3 Å². The highest BCUT2D eigenvalue weighted by molar-refractivity contribution is 5.88. The number of benzene rings is 1. The number of hydrogen-bond donors (Lipinski definition) is 2. The van der Waals surface area contributed by atoms with Gasteiger partial charge in [-0.25, -0.2) is 0 Å². The highest BCUT2D eigenvalue weighted by Gasteiger charge is 2.42. The number of amides is 1. The van der Waals surface area contributed by atoms with Gasteiger partial charge in [0, 0.05) is 6.54 Å². The van der Waals surface area contributed by atoms with Crippen LogP contribution in [0.2, 0.25) is 0 Å². The summed E-state index contributed by atoms with van der Waals surface area (Å²) in [6.07, 6.45) is 5.24. The van der Waals surface area contributed by atoms with E-state index in [2.05, 4.69) is 41.8 Å². The minimum atomic E-state index is -0.286. The van der Waals surface area contributed by atoms with Crippen LogP contribution in [0, 0.1) is 6.92 Å². The van der Waals surface area contributed by atoms with Crippen LogP contribution in [-0.2, 0) is 10.2 Å². The first-order valence-electron chi connectivity index (χ1n) is 7.69. The van der Waals surface area contributed by atoms with Crippen molar-refractivity contribution < 1.29 is 4.79 Å². The predicted octanol–water partition coefficient (Wildman–Crippen LogP) is 2.95. The van der Waals surface area contributed by atoms with Gasteiger partial charge < -0.3 is 10.6 Å². The van der Waals surface area contributed by atoms with Crippen molar-refractivity contribution in [1.82, 2.24) is 10.6 Å². The maximum Gasteiger partial charge on any atom is 0.230 e. The van der Waals surface area contributed by atoms with Crippen LogP contribution in [0.1, 0.15) is 43.2 Å². The number of nitrogens with one attached hydrogen (secondary N) is 2. The first-order chi connectivity index (χ1) is 9.69. The van der Waals surface area contributed by atoms with E-state index >= 15 is 0 Å². The highest BCUT2D eigenvalue weighted by Crippen LogP contribution is 2.41. The molecule has 2 N–H and O–H groups in total. The van der Waals surface area contributed by atoms with Gasteiger partial charge in [-0.05, 0) is 45.3 Å². The van der Waals surface area contributed by atoms with Crippen molar-refractivity contribution in [3.05, 3.63) is 35.4 Å². The number of aryl methyl sites for hydroxylation is 1. The quantitative estimate of drug-likeness (QED) is 0.793. The van der Waals surface area contributed by atoms with Crippen molar-refractivity contribution in [2.75, 3.05) is 20.1 Å². The van der Waals surface area contributed by atoms with Gasteiger partial charge in [-0.2, -0.15) is 0 Å². The summed E-state index contributed by atoms with van der Waals surface area (Å²) in [6, 6.07) is 8.46. The molecule has 4 heteroatoms. The maximum absolute atomic E-state index is 12.7. The molecule has 2 rings (SSSR count). The van der Waals surface area contributed by atoms with Crippen LogP contribution in [0.25, 0.3) is 0 Å². The van der Waals surface area contributed by atoms with Gasteiger partial charge in [0.2, 0.25) is 5.91 Å². The first kappa shape index (κ1) is 18.0. The Labute approximate surface area is 134 Å². The molecule has 1 fully saturated rings. The molecule has 118 valence electrons. The van der Waals surface area contributed by atoms with Crippen molar-refractivity contribution in [3.63, 3.8) is 0 Å². The Morgan fingerprint density at radius 3 is 2.57 bits per heavy atom. The molecule has 0 unspecified atom stereocenters. The lowest BCUT2D eigenvalue weighted by Gasteiger charge is -2.28. The molecule has 0 saturated heterocycles. The van der Waals surface area contributed by atoms with E-state index in [0.29, 0.717) is 0 Å². The third-order valence-electron chi connectivity index (χ3n) is 4.35. The van der Waals surface area contributed by atoms with E-state index in [1.165, 1.54) is 11.1 Å². The van der Waals surface area contributed by atoms with Gasteiger partial charge in [-0.15, -0.1) is 12.4 Å². The Hall–Kier alpha value is -1.06. The topological polar surface area (TPSA) is 41.1 Å². The summed E-state index contributed by atoms with van der Waals surface area (Å²) in [7, 11) is 1.94. The van der Waals surface area contributed by atoms with Crippen molar-refractivity contribution in [2.45, 2.75) is 44.4 Å². The lowest BCUT2D eigenvalue weighted by Crippen LogP contribution is -2.43. The third kappa shape index (κ3) is 4.21. The van der Waals surface area contributed by atoms with E-state index in [4.69, 9.17) is 0 Å². The molecule has 0 heterocycles. The minimum absolute atomic E-state index is 0. The molecule has 21 heavy (non-hydrogen) atoms. The molecule has 1 saturated carbocycles. The molecule has 0 aliphatic heterocycles. The largest absolute Gasteiger partial charge is 0.355 e. The maximum atomic E-state index is 12.7. The summed E-state index contributed by atoms with van der Waals surface area (Å²) in [6.45, 7) is 3.79. The van der Waals surface area contributed by atoms with E-state index in [0.717, 1.165) is 45.2 Å². The molecule has 0 aromatic heterocycles. The van der Waals surface area contributed by atoms with Crippen LogP contribution in [0.4, 0.5) is 0 Å². The smallest absolute Gasteiger partial charge is 0.230 e. The molecule has 1 amide bonds. The normalized spacial score (nSPS) is 16.3. The van der Waals surface area contributed by atoms with E-state index in [9.17, 15) is 4.79 Å². The monoisotopic (exact) mass is 310 g/mol. The Balaban J connectivity index is 0.00000220. The molecule has 0 bridgehead atoms. The first-order valence-corrected chi connectivity index (χ1v) is 7.69. The fourth-order valence-electron chi connectivity index (χ4n) is 3.20. The summed E-state index contributed by atoms with van der Waals surface area (Å²) in [5.74, 6) is 0.219. The molecule has 3 nitrogen and oxygen atoms in total. The summed E-state index contributed by atoms with van der Waals surface area (Å²) >= 11 is 0. The molecular weight excluding hydrogens is 284 g/mol. The van der Waals surface area contributed by atoms with Crippen LogP contribution < -0.4 is 10.6 Å². The van der Waals surface area contributed by atoms with E-state index in [1.807, 2.05) is 7.05 Å². The Bertz CT molecular complexity index is 456. The summed E-state index contributed by atoms with van der Waals surface area (Å²) < 4.78 is 0. The molecule has 1 aromatic rings. The number of hydrogen-bond acceptors (Lipinski definition) is 2. The van der Waals surface area contributed by atoms with Gasteiger partial charge >= 0.3 is 0 Å². The zero-order chi connectivity index (χ0) is 14.4. The van der Waals surface area contributed by atoms with Crippen LogP contribution in [0.3, 0.4) is 0 Å². The molecule has 0 atom stereocenters. The standard InChI is InChI=1S/C17H26N2O.ClH/c1-14-7-5-8-15(13-14)17(9-3-4-10-17)16(20)19-12-6-11-18-2;/h5,7-8,13,18H,3-4,6,9-12H2,1-2H3,(H,19,20);1H.